The van der Waals surface area contributed by atoms with Crippen LogP contribution in [0.25, 0.3) is 0 Å². The first-order valence-electron chi connectivity index (χ1n) is 13.4. The summed E-state index contributed by atoms with van der Waals surface area (Å²) >= 11 is 3.96. The zero-order chi connectivity index (χ0) is 27.6. The van der Waals surface area contributed by atoms with Gasteiger partial charge in [0.05, 0.1) is 15.8 Å². The highest BCUT2D eigenvalue weighted by atomic mass is 79.9. The van der Waals surface area contributed by atoms with Crippen LogP contribution in [-0.2, 0) is 0 Å². The number of fused-ring (bicyclic) bond motifs is 2. The standard InChI is InChI=1S/C36H25BrN2O2/c37-34-33(40-29-21-11-4-12-22-29)25-31-36(35(34)38(26-15-5-1-6-16-26)27-17-7-2-8-18-27)41-32-24-14-13-23-30(32)39(31)28-19-9-3-10-20-28/h1-25H. The maximum Gasteiger partial charge on any atom is 0.176 e. The summed E-state index contributed by atoms with van der Waals surface area (Å²) in [6.45, 7) is 0. The van der Waals surface area contributed by atoms with Crippen molar-refractivity contribution >= 4 is 50.1 Å². The molecule has 0 saturated heterocycles. The van der Waals surface area contributed by atoms with Crippen LogP contribution in [0.4, 0.5) is 34.1 Å². The van der Waals surface area contributed by atoms with Crippen molar-refractivity contribution in [3.05, 3.63) is 156 Å². The van der Waals surface area contributed by atoms with E-state index in [4.69, 9.17) is 9.47 Å². The summed E-state index contributed by atoms with van der Waals surface area (Å²) in [7, 11) is 0. The Bertz CT molecular complexity index is 1760. The van der Waals surface area contributed by atoms with E-state index in [1.54, 1.807) is 0 Å². The lowest BCUT2D eigenvalue weighted by Crippen LogP contribution is -2.19. The van der Waals surface area contributed by atoms with E-state index in [2.05, 4.69) is 80.3 Å². The molecule has 1 aliphatic rings. The molecule has 0 aliphatic carbocycles. The number of hydrogen-bond acceptors (Lipinski definition) is 4. The van der Waals surface area contributed by atoms with Crippen LogP contribution in [0, 0.1) is 0 Å². The highest BCUT2D eigenvalue weighted by Gasteiger charge is 2.34. The van der Waals surface area contributed by atoms with E-state index >= 15 is 0 Å². The van der Waals surface area contributed by atoms with Crippen LogP contribution in [0.5, 0.6) is 23.0 Å². The van der Waals surface area contributed by atoms with Gasteiger partial charge in [0, 0.05) is 23.1 Å². The van der Waals surface area contributed by atoms with Crippen LogP contribution in [0.3, 0.4) is 0 Å². The van der Waals surface area contributed by atoms with E-state index in [0.717, 1.165) is 50.1 Å². The number of benzene rings is 6. The van der Waals surface area contributed by atoms with Crippen LogP contribution in [0.2, 0.25) is 0 Å². The van der Waals surface area contributed by atoms with Crippen LogP contribution in [-0.4, -0.2) is 0 Å². The molecule has 41 heavy (non-hydrogen) atoms. The van der Waals surface area contributed by atoms with Gasteiger partial charge < -0.3 is 19.3 Å². The summed E-state index contributed by atoms with van der Waals surface area (Å²) in [5.74, 6) is 2.90. The fraction of sp³-hybridized carbons (Fsp3) is 0. The highest BCUT2D eigenvalue weighted by molar-refractivity contribution is 9.10. The van der Waals surface area contributed by atoms with Gasteiger partial charge in [-0.1, -0.05) is 84.9 Å². The van der Waals surface area contributed by atoms with Crippen molar-refractivity contribution in [2.45, 2.75) is 0 Å². The average molecular weight is 598 g/mol. The monoisotopic (exact) mass is 596 g/mol. The van der Waals surface area contributed by atoms with Crippen molar-refractivity contribution in [2.24, 2.45) is 0 Å². The van der Waals surface area contributed by atoms with Crippen LogP contribution in [0.15, 0.2) is 156 Å². The Morgan fingerprint density at radius 1 is 0.585 bits per heavy atom. The molecule has 0 saturated carbocycles. The first-order chi connectivity index (χ1) is 20.3. The number of nitrogens with zero attached hydrogens (tertiary/aromatic N) is 2. The van der Waals surface area contributed by atoms with Crippen molar-refractivity contribution in [2.75, 3.05) is 9.80 Å². The molecule has 0 aromatic heterocycles. The molecular formula is C36H25BrN2O2. The van der Waals surface area contributed by atoms with E-state index < -0.39 is 0 Å². The Morgan fingerprint density at radius 2 is 1.12 bits per heavy atom. The predicted octanol–water partition coefficient (Wildman–Crippen LogP) is 11.3. The maximum atomic E-state index is 6.80. The minimum Gasteiger partial charge on any atom is -0.456 e. The third-order valence-electron chi connectivity index (χ3n) is 6.94. The Hall–Kier alpha value is -5.00. The molecule has 4 nitrogen and oxygen atoms in total. The van der Waals surface area contributed by atoms with Gasteiger partial charge in [0.1, 0.15) is 17.2 Å². The number of rotatable bonds is 6. The van der Waals surface area contributed by atoms with Gasteiger partial charge in [-0.15, -0.1) is 0 Å². The second-order valence-electron chi connectivity index (χ2n) is 9.55. The fourth-order valence-corrected chi connectivity index (χ4v) is 5.68. The topological polar surface area (TPSA) is 24.9 Å². The lowest BCUT2D eigenvalue weighted by molar-refractivity contribution is 0.464. The lowest BCUT2D eigenvalue weighted by atomic mass is 10.1. The van der Waals surface area contributed by atoms with Crippen molar-refractivity contribution in [1.29, 1.82) is 0 Å². The van der Waals surface area contributed by atoms with E-state index in [1.165, 1.54) is 0 Å². The number of hydrogen-bond donors (Lipinski definition) is 0. The molecule has 6 aromatic rings. The number of para-hydroxylation sites is 6. The average Bonchev–Trinajstić information content (AvgIpc) is 3.04. The first kappa shape index (κ1) is 25.0. The summed E-state index contributed by atoms with van der Waals surface area (Å²) in [5, 5.41) is 0. The number of anilines is 6. The Kier molecular flexibility index (Phi) is 6.63. The molecule has 0 fully saturated rings. The van der Waals surface area contributed by atoms with Crippen molar-refractivity contribution in [1.82, 2.24) is 0 Å². The fourth-order valence-electron chi connectivity index (χ4n) is 5.13. The molecule has 6 aromatic carbocycles. The molecule has 0 amide bonds. The van der Waals surface area contributed by atoms with Gasteiger partial charge in [0.25, 0.3) is 0 Å². The summed E-state index contributed by atoms with van der Waals surface area (Å²) in [6.07, 6.45) is 0. The third-order valence-corrected chi connectivity index (χ3v) is 7.70. The molecule has 1 aliphatic heterocycles. The van der Waals surface area contributed by atoms with Crippen LogP contribution < -0.4 is 19.3 Å². The zero-order valence-electron chi connectivity index (χ0n) is 22.0. The Labute approximate surface area is 247 Å². The second kappa shape index (κ2) is 10.9. The minimum absolute atomic E-state index is 0.672. The van der Waals surface area contributed by atoms with Gasteiger partial charge >= 0.3 is 0 Å². The Balaban J connectivity index is 1.54. The van der Waals surface area contributed by atoms with Gasteiger partial charge in [0.15, 0.2) is 11.5 Å². The third kappa shape index (κ3) is 4.71. The highest BCUT2D eigenvalue weighted by Crippen LogP contribution is 2.60. The predicted molar refractivity (Wildman–Crippen MR) is 170 cm³/mol. The summed E-state index contributed by atoms with van der Waals surface area (Å²) in [4.78, 5) is 4.44. The Morgan fingerprint density at radius 3 is 1.76 bits per heavy atom. The van der Waals surface area contributed by atoms with Crippen molar-refractivity contribution in [3.8, 4) is 23.0 Å². The molecule has 0 spiro atoms. The second-order valence-corrected chi connectivity index (χ2v) is 10.3. The summed E-state index contributed by atoms with van der Waals surface area (Å²) in [6, 6.07) is 51.0. The smallest absolute Gasteiger partial charge is 0.176 e. The molecule has 0 atom stereocenters. The molecule has 1 heterocycles. The largest absolute Gasteiger partial charge is 0.456 e. The summed E-state index contributed by atoms with van der Waals surface area (Å²) < 4.78 is 14.1. The molecule has 0 bridgehead atoms. The molecule has 7 rings (SSSR count). The molecule has 0 N–H and O–H groups in total. The van der Waals surface area contributed by atoms with E-state index in [1.807, 2.05) is 97.1 Å². The number of halogens is 1. The molecular weight excluding hydrogens is 572 g/mol. The van der Waals surface area contributed by atoms with E-state index in [0.29, 0.717) is 11.5 Å². The van der Waals surface area contributed by atoms with Crippen LogP contribution in [0.1, 0.15) is 0 Å². The first-order valence-corrected chi connectivity index (χ1v) is 14.2. The van der Waals surface area contributed by atoms with Crippen molar-refractivity contribution < 1.29 is 9.47 Å². The van der Waals surface area contributed by atoms with Gasteiger partial charge in [-0.3, -0.25) is 0 Å². The van der Waals surface area contributed by atoms with E-state index in [9.17, 15) is 0 Å². The normalized spacial score (nSPS) is 11.7. The van der Waals surface area contributed by atoms with Gasteiger partial charge in [0.2, 0.25) is 0 Å². The lowest BCUT2D eigenvalue weighted by Gasteiger charge is -2.37. The maximum absolute atomic E-state index is 6.80. The van der Waals surface area contributed by atoms with E-state index in [-0.39, 0.29) is 0 Å². The molecule has 5 heteroatoms. The molecule has 198 valence electrons. The van der Waals surface area contributed by atoms with Gasteiger partial charge in [-0.2, -0.15) is 0 Å². The molecule has 0 unspecified atom stereocenters. The van der Waals surface area contributed by atoms with Crippen LogP contribution >= 0.6 is 15.9 Å². The van der Waals surface area contributed by atoms with Gasteiger partial charge in [-0.25, -0.2) is 0 Å². The van der Waals surface area contributed by atoms with Gasteiger partial charge in [-0.05, 0) is 76.6 Å². The zero-order valence-corrected chi connectivity index (χ0v) is 23.6. The minimum atomic E-state index is 0.672. The van der Waals surface area contributed by atoms with Crippen molar-refractivity contribution in [3.63, 3.8) is 0 Å². The summed E-state index contributed by atoms with van der Waals surface area (Å²) in [5.41, 5.74) is 5.67. The SMILES string of the molecule is Brc1c(Oc2ccccc2)cc2c(c1N(c1ccccc1)c1ccccc1)Oc1ccccc1N2c1ccccc1. The quantitative estimate of drug-likeness (QED) is 0.190. The number of ether oxygens (including phenoxy) is 2. The molecule has 0 radical (unpaired) electrons.